The Kier molecular flexibility index (Phi) is 5.38. The predicted octanol–water partition coefficient (Wildman–Crippen LogP) is 1.61. The van der Waals surface area contributed by atoms with Crippen LogP contribution < -0.4 is 0 Å². The summed E-state index contributed by atoms with van der Waals surface area (Å²) in [6.45, 7) is 4.85. The van der Waals surface area contributed by atoms with Crippen molar-refractivity contribution >= 4 is 17.7 Å². The number of ether oxygens (including phenoxy) is 1. The first kappa shape index (κ1) is 15.6. The largest absolute Gasteiger partial charge is 0.461 e. The number of aryl methyl sites for hydroxylation is 2. The van der Waals surface area contributed by atoms with Crippen molar-refractivity contribution in [1.29, 1.82) is 0 Å². The number of hydrogen-bond acceptors (Lipinski definition) is 6. The molecular weight excluding hydrogens is 290 g/mol. The molecule has 21 heavy (non-hydrogen) atoms. The van der Waals surface area contributed by atoms with E-state index >= 15 is 0 Å². The van der Waals surface area contributed by atoms with Crippen LogP contribution in [-0.4, -0.2) is 48.6 Å². The molecule has 7 nitrogen and oxygen atoms in total. The normalized spacial score (nSPS) is 10.8. The Morgan fingerprint density at radius 1 is 1.43 bits per heavy atom. The quantitative estimate of drug-likeness (QED) is 0.571. The molecule has 2 aromatic heterocycles. The molecule has 0 amide bonds. The highest BCUT2D eigenvalue weighted by Gasteiger charge is 2.24. The molecule has 0 atom stereocenters. The van der Waals surface area contributed by atoms with E-state index in [9.17, 15) is 4.79 Å². The van der Waals surface area contributed by atoms with Crippen LogP contribution in [0.3, 0.4) is 0 Å². The van der Waals surface area contributed by atoms with Crippen molar-refractivity contribution < 1.29 is 9.53 Å². The van der Waals surface area contributed by atoms with Gasteiger partial charge in [0.1, 0.15) is 5.69 Å². The van der Waals surface area contributed by atoms with Gasteiger partial charge < -0.3 is 9.30 Å². The van der Waals surface area contributed by atoms with Gasteiger partial charge in [-0.05, 0) is 12.7 Å². The zero-order valence-corrected chi connectivity index (χ0v) is 13.3. The van der Waals surface area contributed by atoms with Crippen molar-refractivity contribution in [3.63, 3.8) is 0 Å². The zero-order chi connectivity index (χ0) is 15.2. The van der Waals surface area contributed by atoms with Crippen LogP contribution in [-0.2, 0) is 18.3 Å². The third-order valence-electron chi connectivity index (χ3n) is 2.89. The second kappa shape index (κ2) is 7.26. The van der Waals surface area contributed by atoms with Crippen molar-refractivity contribution in [2.45, 2.75) is 20.4 Å². The molecule has 8 heteroatoms. The lowest BCUT2D eigenvalue weighted by Crippen LogP contribution is -2.11. The van der Waals surface area contributed by atoms with E-state index in [0.717, 1.165) is 11.5 Å². The van der Waals surface area contributed by atoms with Crippen molar-refractivity contribution in [1.82, 2.24) is 24.5 Å². The summed E-state index contributed by atoms with van der Waals surface area (Å²) in [4.78, 5) is 16.3. The van der Waals surface area contributed by atoms with Crippen molar-refractivity contribution in [3.8, 4) is 11.5 Å². The highest BCUT2D eigenvalue weighted by Crippen LogP contribution is 2.21. The Labute approximate surface area is 127 Å². The van der Waals surface area contributed by atoms with E-state index < -0.39 is 5.97 Å². The number of esters is 1. The minimum Gasteiger partial charge on any atom is -0.461 e. The summed E-state index contributed by atoms with van der Waals surface area (Å²) in [5.41, 5.74) is 0.824. The van der Waals surface area contributed by atoms with Crippen LogP contribution in [0.5, 0.6) is 0 Å². The molecule has 0 fully saturated rings. The Bertz CT molecular complexity index is 607. The number of aromatic nitrogens is 5. The minimum absolute atomic E-state index is 0.215. The van der Waals surface area contributed by atoms with Gasteiger partial charge >= 0.3 is 5.97 Å². The first-order chi connectivity index (χ1) is 10.2. The second-order valence-electron chi connectivity index (χ2n) is 4.29. The molecule has 0 N–H and O–H groups in total. The lowest BCUT2D eigenvalue weighted by Gasteiger charge is -2.07. The fraction of sp³-hybridized carbons (Fsp3) is 0.538. The van der Waals surface area contributed by atoms with E-state index in [4.69, 9.17) is 4.74 Å². The fourth-order valence-electron chi connectivity index (χ4n) is 1.92. The number of nitrogens with zero attached hydrogens (tertiary/aromatic N) is 5. The van der Waals surface area contributed by atoms with Crippen LogP contribution in [0.2, 0.25) is 0 Å². The van der Waals surface area contributed by atoms with Gasteiger partial charge in [0.05, 0.1) is 13.2 Å². The van der Waals surface area contributed by atoms with E-state index in [1.807, 2.05) is 29.6 Å². The average Bonchev–Trinajstić information content (AvgIpc) is 3.05. The summed E-state index contributed by atoms with van der Waals surface area (Å²) < 4.78 is 8.61. The predicted molar refractivity (Wildman–Crippen MR) is 81.2 cm³/mol. The van der Waals surface area contributed by atoms with Gasteiger partial charge in [-0.2, -0.15) is 11.8 Å². The number of rotatable bonds is 7. The first-order valence-electron chi connectivity index (χ1n) is 6.85. The number of hydrogen-bond donors (Lipinski definition) is 0. The Morgan fingerprint density at radius 2 is 2.24 bits per heavy atom. The number of carbonyl (C=O) groups is 1. The summed E-state index contributed by atoms with van der Waals surface area (Å²) in [7, 11) is 1.87. The first-order valence-corrected chi connectivity index (χ1v) is 8.00. The second-order valence-corrected chi connectivity index (χ2v) is 5.68. The molecule has 0 radical (unpaired) electrons. The molecule has 114 valence electrons. The molecule has 0 bridgehead atoms. The van der Waals surface area contributed by atoms with E-state index in [1.165, 1.54) is 0 Å². The molecule has 2 heterocycles. The SMILES string of the molecule is CCOC(=O)c1nnn(CCSCC)c1-c1nccn1C. The summed E-state index contributed by atoms with van der Waals surface area (Å²) in [5, 5.41) is 8.07. The maximum Gasteiger partial charge on any atom is 0.361 e. The molecule has 0 aromatic carbocycles. The Morgan fingerprint density at radius 3 is 2.86 bits per heavy atom. The summed E-state index contributed by atoms with van der Waals surface area (Å²) in [5.74, 6) is 2.13. The van der Waals surface area contributed by atoms with Gasteiger partial charge in [-0.1, -0.05) is 12.1 Å². The van der Waals surface area contributed by atoms with Crippen LogP contribution >= 0.6 is 11.8 Å². The molecule has 0 saturated heterocycles. The molecule has 2 aromatic rings. The third-order valence-corrected chi connectivity index (χ3v) is 3.77. The molecular formula is C13H19N5O2S. The highest BCUT2D eigenvalue weighted by atomic mass is 32.2. The maximum atomic E-state index is 12.0. The molecule has 0 aliphatic heterocycles. The van der Waals surface area contributed by atoms with Gasteiger partial charge in [-0.25, -0.2) is 14.5 Å². The average molecular weight is 309 g/mol. The van der Waals surface area contributed by atoms with E-state index in [1.54, 1.807) is 17.8 Å². The van der Waals surface area contributed by atoms with Gasteiger partial charge in [0.25, 0.3) is 0 Å². The fourth-order valence-corrected chi connectivity index (χ4v) is 2.51. The summed E-state index contributed by atoms with van der Waals surface area (Å²) in [6.07, 6.45) is 3.50. The minimum atomic E-state index is -0.468. The Hall–Kier alpha value is -1.83. The van der Waals surface area contributed by atoms with Crippen molar-refractivity contribution in [2.75, 3.05) is 18.1 Å². The van der Waals surface area contributed by atoms with E-state index in [2.05, 4.69) is 22.2 Å². The number of imidazole rings is 1. The molecule has 2 rings (SSSR count). The van der Waals surface area contributed by atoms with Crippen LogP contribution in [0.15, 0.2) is 12.4 Å². The monoisotopic (exact) mass is 309 g/mol. The van der Waals surface area contributed by atoms with Crippen molar-refractivity contribution in [2.24, 2.45) is 7.05 Å². The molecule has 0 aliphatic carbocycles. The molecule has 0 spiro atoms. The summed E-state index contributed by atoms with van der Waals surface area (Å²) in [6, 6.07) is 0. The van der Waals surface area contributed by atoms with Crippen LogP contribution in [0.25, 0.3) is 11.5 Å². The van der Waals surface area contributed by atoms with Crippen LogP contribution in [0.1, 0.15) is 24.3 Å². The van der Waals surface area contributed by atoms with Crippen LogP contribution in [0.4, 0.5) is 0 Å². The van der Waals surface area contributed by atoms with Gasteiger partial charge in [0, 0.05) is 25.2 Å². The Balaban J connectivity index is 2.38. The van der Waals surface area contributed by atoms with E-state index in [-0.39, 0.29) is 5.69 Å². The van der Waals surface area contributed by atoms with Crippen LogP contribution in [0, 0.1) is 0 Å². The standard InChI is InChI=1S/C13H19N5O2S/c1-4-20-13(19)10-11(12-14-6-7-17(12)3)18(16-15-10)8-9-21-5-2/h6-7H,4-5,8-9H2,1-3H3. The lowest BCUT2D eigenvalue weighted by molar-refractivity contribution is 0.0520. The third kappa shape index (κ3) is 3.44. The molecule has 0 aliphatic rings. The molecule has 0 saturated carbocycles. The van der Waals surface area contributed by atoms with Gasteiger partial charge in [0.2, 0.25) is 5.69 Å². The smallest absolute Gasteiger partial charge is 0.361 e. The number of carbonyl (C=O) groups excluding carboxylic acids is 1. The van der Waals surface area contributed by atoms with Crippen molar-refractivity contribution in [3.05, 3.63) is 18.1 Å². The van der Waals surface area contributed by atoms with E-state index in [0.29, 0.717) is 24.7 Å². The van der Waals surface area contributed by atoms with Gasteiger partial charge in [-0.15, -0.1) is 5.10 Å². The topological polar surface area (TPSA) is 74.8 Å². The van der Waals surface area contributed by atoms with Gasteiger partial charge in [-0.3, -0.25) is 0 Å². The van der Waals surface area contributed by atoms with Gasteiger partial charge in [0.15, 0.2) is 5.82 Å². The zero-order valence-electron chi connectivity index (χ0n) is 12.4. The summed E-state index contributed by atoms with van der Waals surface area (Å²) >= 11 is 1.81. The highest BCUT2D eigenvalue weighted by molar-refractivity contribution is 7.99. The maximum absolute atomic E-state index is 12.0. The lowest BCUT2D eigenvalue weighted by atomic mass is 10.3. The molecule has 0 unspecified atom stereocenters. The number of thioether (sulfide) groups is 1.